The van der Waals surface area contributed by atoms with Gasteiger partial charge in [-0.2, -0.15) is 0 Å². The number of furan rings is 1. The zero-order valence-electron chi connectivity index (χ0n) is 14.0. The van der Waals surface area contributed by atoms with Crippen molar-refractivity contribution in [1.82, 2.24) is 20.3 Å². The standard InChI is InChI=1S/C18H21N5O2/c24-18(19-12-15-4-3-11-25-15)13-22-9-7-14(8-10-22)23-17-6-2-1-5-16(17)20-21-23/h1-6,11,14H,7-10,12-13H2,(H,19,24)/p+1. The van der Waals surface area contributed by atoms with Crippen molar-refractivity contribution in [3.63, 3.8) is 0 Å². The Balaban J connectivity index is 1.29. The van der Waals surface area contributed by atoms with Gasteiger partial charge in [0.05, 0.1) is 37.5 Å². The second-order valence-corrected chi connectivity index (χ2v) is 6.54. The predicted octanol–water partition coefficient (Wildman–Crippen LogP) is 0.561. The first-order valence-electron chi connectivity index (χ1n) is 8.72. The Labute approximate surface area is 145 Å². The molecule has 2 N–H and O–H groups in total. The van der Waals surface area contributed by atoms with Crippen LogP contribution >= 0.6 is 0 Å². The van der Waals surface area contributed by atoms with E-state index in [1.165, 1.54) is 4.90 Å². The molecule has 1 saturated heterocycles. The summed E-state index contributed by atoms with van der Waals surface area (Å²) in [5.41, 5.74) is 2.03. The SMILES string of the molecule is O=C(C[NH+]1CCC(n2nnc3ccccc32)CC1)NCc1ccco1. The number of quaternary nitrogens is 1. The molecule has 4 rings (SSSR count). The van der Waals surface area contributed by atoms with Crippen molar-refractivity contribution in [2.24, 2.45) is 0 Å². The molecule has 7 heteroatoms. The van der Waals surface area contributed by atoms with E-state index in [0.29, 0.717) is 19.1 Å². The highest BCUT2D eigenvalue weighted by atomic mass is 16.3. The Morgan fingerprint density at radius 3 is 2.88 bits per heavy atom. The van der Waals surface area contributed by atoms with Crippen molar-refractivity contribution in [2.45, 2.75) is 25.4 Å². The van der Waals surface area contributed by atoms with Crippen LogP contribution in [0.4, 0.5) is 0 Å². The second kappa shape index (κ2) is 7.06. The summed E-state index contributed by atoms with van der Waals surface area (Å²) in [5.74, 6) is 0.844. The van der Waals surface area contributed by atoms with Crippen LogP contribution in [0.5, 0.6) is 0 Å². The summed E-state index contributed by atoms with van der Waals surface area (Å²) in [6, 6.07) is 12.1. The number of para-hydroxylation sites is 1. The van der Waals surface area contributed by atoms with Crippen LogP contribution in [0.1, 0.15) is 24.6 Å². The molecular formula is C18H22N5O2+. The minimum atomic E-state index is 0.0658. The highest BCUT2D eigenvalue weighted by Crippen LogP contribution is 2.21. The van der Waals surface area contributed by atoms with Crippen molar-refractivity contribution < 1.29 is 14.1 Å². The lowest BCUT2D eigenvalue weighted by Crippen LogP contribution is -3.14. The number of aromatic nitrogens is 3. The number of nitrogens with zero attached hydrogens (tertiary/aromatic N) is 3. The largest absolute Gasteiger partial charge is 0.467 e. The summed E-state index contributed by atoms with van der Waals surface area (Å²) in [6.45, 7) is 2.89. The van der Waals surface area contributed by atoms with E-state index in [2.05, 4.69) is 21.7 Å². The van der Waals surface area contributed by atoms with Gasteiger partial charge >= 0.3 is 0 Å². The van der Waals surface area contributed by atoms with E-state index in [-0.39, 0.29) is 5.91 Å². The number of fused-ring (bicyclic) bond motifs is 1. The number of amides is 1. The molecule has 1 aliphatic rings. The van der Waals surface area contributed by atoms with Gasteiger partial charge in [0.15, 0.2) is 6.54 Å². The Kier molecular flexibility index (Phi) is 4.47. The van der Waals surface area contributed by atoms with Gasteiger partial charge in [0.25, 0.3) is 5.91 Å². The molecule has 130 valence electrons. The predicted molar refractivity (Wildman–Crippen MR) is 91.9 cm³/mol. The number of likely N-dealkylation sites (tertiary alicyclic amines) is 1. The molecule has 1 amide bonds. The van der Waals surface area contributed by atoms with Gasteiger partial charge < -0.3 is 14.6 Å². The third-order valence-electron chi connectivity index (χ3n) is 4.84. The first kappa shape index (κ1) is 15.8. The molecule has 3 aromatic rings. The summed E-state index contributed by atoms with van der Waals surface area (Å²) in [4.78, 5) is 13.4. The molecule has 0 saturated carbocycles. The second-order valence-electron chi connectivity index (χ2n) is 6.54. The van der Waals surface area contributed by atoms with Gasteiger partial charge in [-0.1, -0.05) is 17.3 Å². The maximum absolute atomic E-state index is 12.1. The highest BCUT2D eigenvalue weighted by molar-refractivity contribution is 5.76. The molecule has 2 aromatic heterocycles. The molecule has 0 spiro atoms. The molecule has 0 aliphatic carbocycles. The molecule has 0 atom stereocenters. The van der Waals surface area contributed by atoms with Crippen molar-refractivity contribution in [2.75, 3.05) is 19.6 Å². The molecule has 0 radical (unpaired) electrons. The minimum absolute atomic E-state index is 0.0658. The van der Waals surface area contributed by atoms with Gasteiger partial charge in [0.2, 0.25) is 0 Å². The highest BCUT2D eigenvalue weighted by Gasteiger charge is 2.26. The number of rotatable bonds is 5. The topological polar surface area (TPSA) is 77.4 Å². The molecular weight excluding hydrogens is 318 g/mol. The van der Waals surface area contributed by atoms with Crippen molar-refractivity contribution in [3.8, 4) is 0 Å². The molecule has 1 aliphatic heterocycles. The van der Waals surface area contributed by atoms with Gasteiger partial charge in [-0.25, -0.2) is 4.68 Å². The lowest BCUT2D eigenvalue weighted by Gasteiger charge is -2.29. The number of carbonyl (C=O) groups excluding carboxylic acids is 1. The van der Waals surface area contributed by atoms with Gasteiger partial charge in [-0.15, -0.1) is 5.10 Å². The molecule has 0 bridgehead atoms. The van der Waals surface area contributed by atoms with Crippen LogP contribution in [0.3, 0.4) is 0 Å². The first-order valence-corrected chi connectivity index (χ1v) is 8.72. The quantitative estimate of drug-likeness (QED) is 0.711. The lowest BCUT2D eigenvalue weighted by molar-refractivity contribution is -0.897. The Morgan fingerprint density at radius 2 is 2.08 bits per heavy atom. The summed E-state index contributed by atoms with van der Waals surface area (Å²) >= 11 is 0. The van der Waals surface area contributed by atoms with Gasteiger partial charge in [-0.05, 0) is 24.3 Å². The summed E-state index contributed by atoms with van der Waals surface area (Å²) in [6.07, 6.45) is 3.63. The van der Waals surface area contributed by atoms with Crippen molar-refractivity contribution >= 4 is 16.9 Å². The smallest absolute Gasteiger partial charge is 0.275 e. The Hall–Kier alpha value is -2.67. The van der Waals surface area contributed by atoms with E-state index >= 15 is 0 Å². The van der Waals surface area contributed by atoms with E-state index < -0.39 is 0 Å². The molecule has 25 heavy (non-hydrogen) atoms. The molecule has 1 fully saturated rings. The van der Waals surface area contributed by atoms with Crippen LogP contribution in [0.2, 0.25) is 0 Å². The van der Waals surface area contributed by atoms with Crippen molar-refractivity contribution in [3.05, 3.63) is 48.4 Å². The molecule has 7 nitrogen and oxygen atoms in total. The van der Waals surface area contributed by atoms with Crippen LogP contribution in [0.25, 0.3) is 11.0 Å². The Bertz CT molecular complexity index is 834. The third-order valence-corrected chi connectivity index (χ3v) is 4.84. The number of hydrogen-bond donors (Lipinski definition) is 2. The van der Waals surface area contributed by atoms with E-state index in [9.17, 15) is 4.79 Å². The molecule has 1 aromatic carbocycles. The average Bonchev–Trinajstić information content (AvgIpc) is 3.30. The monoisotopic (exact) mass is 340 g/mol. The average molecular weight is 340 g/mol. The first-order chi connectivity index (χ1) is 12.3. The van der Waals surface area contributed by atoms with E-state index in [1.807, 2.05) is 35.0 Å². The van der Waals surface area contributed by atoms with Crippen molar-refractivity contribution in [1.29, 1.82) is 0 Å². The number of hydrogen-bond acceptors (Lipinski definition) is 4. The zero-order chi connectivity index (χ0) is 17.1. The number of piperidine rings is 1. The molecule has 0 unspecified atom stereocenters. The summed E-state index contributed by atoms with van der Waals surface area (Å²) in [7, 11) is 0. The lowest BCUT2D eigenvalue weighted by atomic mass is 10.0. The summed E-state index contributed by atoms with van der Waals surface area (Å²) in [5, 5.41) is 11.5. The fraction of sp³-hybridized carbons (Fsp3) is 0.389. The normalized spacial score (nSPS) is 20.6. The maximum Gasteiger partial charge on any atom is 0.275 e. The van der Waals surface area contributed by atoms with Crippen LogP contribution in [0.15, 0.2) is 47.1 Å². The number of benzene rings is 1. The third kappa shape index (κ3) is 3.56. The minimum Gasteiger partial charge on any atom is -0.467 e. The molecule has 3 heterocycles. The summed E-state index contributed by atoms with van der Waals surface area (Å²) < 4.78 is 7.27. The fourth-order valence-corrected chi connectivity index (χ4v) is 3.48. The van der Waals surface area contributed by atoms with Gasteiger partial charge in [0.1, 0.15) is 11.3 Å². The van der Waals surface area contributed by atoms with Crippen LogP contribution < -0.4 is 10.2 Å². The number of carbonyl (C=O) groups is 1. The van der Waals surface area contributed by atoms with Crippen LogP contribution in [0, 0.1) is 0 Å². The van der Waals surface area contributed by atoms with E-state index in [1.54, 1.807) is 6.26 Å². The fourth-order valence-electron chi connectivity index (χ4n) is 3.48. The zero-order valence-corrected chi connectivity index (χ0v) is 14.0. The van der Waals surface area contributed by atoms with Crippen LogP contribution in [-0.4, -0.2) is 40.5 Å². The van der Waals surface area contributed by atoms with Crippen LogP contribution in [-0.2, 0) is 11.3 Å². The van der Waals surface area contributed by atoms with E-state index in [0.717, 1.165) is 42.7 Å². The van der Waals surface area contributed by atoms with Gasteiger partial charge in [-0.3, -0.25) is 4.79 Å². The number of nitrogens with one attached hydrogen (secondary N) is 2. The maximum atomic E-state index is 12.1. The van der Waals surface area contributed by atoms with E-state index in [4.69, 9.17) is 4.42 Å². The Morgan fingerprint density at radius 1 is 1.24 bits per heavy atom. The van der Waals surface area contributed by atoms with Gasteiger partial charge in [0, 0.05) is 12.8 Å².